The van der Waals surface area contributed by atoms with Crippen molar-refractivity contribution in [2.75, 3.05) is 5.73 Å². The summed E-state index contributed by atoms with van der Waals surface area (Å²) in [5.41, 5.74) is 5.71. The van der Waals surface area contributed by atoms with Gasteiger partial charge in [-0.1, -0.05) is 11.6 Å². The van der Waals surface area contributed by atoms with Gasteiger partial charge < -0.3 is 10.5 Å². The van der Waals surface area contributed by atoms with Gasteiger partial charge in [0.1, 0.15) is 17.4 Å². The molecule has 0 aliphatic carbocycles. The highest BCUT2D eigenvalue weighted by atomic mass is 79.9. The van der Waals surface area contributed by atoms with Crippen LogP contribution >= 0.6 is 27.5 Å². The molecular weight excluding hydrogens is 327 g/mol. The minimum atomic E-state index is -0.615. The molecule has 2 rings (SSSR count). The molecule has 0 atom stereocenters. The lowest BCUT2D eigenvalue weighted by atomic mass is 10.3. The monoisotopic (exact) mass is 333 g/mol. The standard InChI is InChI=1S/C12H7BrClF2NO/c13-7-4-8(14)9(16)5-12(7)18-11-2-1-6(15)3-10(11)17/h1-5H,17H2. The van der Waals surface area contributed by atoms with E-state index in [4.69, 9.17) is 22.1 Å². The van der Waals surface area contributed by atoms with Gasteiger partial charge in [0.15, 0.2) is 5.75 Å². The highest BCUT2D eigenvalue weighted by Crippen LogP contribution is 2.35. The molecule has 2 N–H and O–H groups in total. The lowest BCUT2D eigenvalue weighted by molar-refractivity contribution is 0.474. The van der Waals surface area contributed by atoms with Crippen LogP contribution in [0.5, 0.6) is 11.5 Å². The van der Waals surface area contributed by atoms with Crippen molar-refractivity contribution in [3.8, 4) is 11.5 Å². The smallest absolute Gasteiger partial charge is 0.150 e. The molecule has 0 fully saturated rings. The summed E-state index contributed by atoms with van der Waals surface area (Å²) >= 11 is 8.79. The number of hydrogen-bond donors (Lipinski definition) is 1. The van der Waals surface area contributed by atoms with Crippen LogP contribution in [-0.4, -0.2) is 0 Å². The third kappa shape index (κ3) is 2.73. The first-order valence-corrected chi connectivity index (χ1v) is 6.02. The third-order valence-corrected chi connectivity index (χ3v) is 3.08. The second-order valence-corrected chi connectivity index (χ2v) is 4.74. The van der Waals surface area contributed by atoms with E-state index in [-0.39, 0.29) is 22.2 Å². The van der Waals surface area contributed by atoms with Crippen LogP contribution in [0.15, 0.2) is 34.8 Å². The van der Waals surface area contributed by atoms with Gasteiger partial charge in [-0.25, -0.2) is 8.78 Å². The van der Waals surface area contributed by atoms with Gasteiger partial charge >= 0.3 is 0 Å². The van der Waals surface area contributed by atoms with Crippen LogP contribution in [-0.2, 0) is 0 Å². The molecule has 2 nitrogen and oxygen atoms in total. The Balaban J connectivity index is 2.37. The minimum Gasteiger partial charge on any atom is -0.454 e. The van der Waals surface area contributed by atoms with Gasteiger partial charge in [-0.2, -0.15) is 0 Å². The van der Waals surface area contributed by atoms with Crippen molar-refractivity contribution in [2.24, 2.45) is 0 Å². The molecule has 0 saturated carbocycles. The Labute approximate surface area is 115 Å². The van der Waals surface area contributed by atoms with Crippen molar-refractivity contribution in [1.82, 2.24) is 0 Å². The van der Waals surface area contributed by atoms with Crippen molar-refractivity contribution in [2.45, 2.75) is 0 Å². The number of anilines is 1. The summed E-state index contributed by atoms with van der Waals surface area (Å²) in [5.74, 6) is -0.647. The van der Waals surface area contributed by atoms with E-state index in [9.17, 15) is 8.78 Å². The van der Waals surface area contributed by atoms with E-state index in [2.05, 4.69) is 15.9 Å². The van der Waals surface area contributed by atoms with E-state index in [0.29, 0.717) is 4.47 Å². The molecule has 0 bridgehead atoms. The van der Waals surface area contributed by atoms with E-state index in [1.54, 1.807) is 0 Å². The van der Waals surface area contributed by atoms with Crippen LogP contribution in [0.25, 0.3) is 0 Å². The molecule has 94 valence electrons. The second kappa shape index (κ2) is 5.12. The Kier molecular flexibility index (Phi) is 3.73. The number of nitrogen functional groups attached to an aromatic ring is 1. The normalized spacial score (nSPS) is 10.4. The SMILES string of the molecule is Nc1cc(F)ccc1Oc1cc(F)c(Cl)cc1Br. The summed E-state index contributed by atoms with van der Waals surface area (Å²) in [6.07, 6.45) is 0. The summed E-state index contributed by atoms with van der Waals surface area (Å²) in [4.78, 5) is 0. The average molecular weight is 335 g/mol. The molecule has 6 heteroatoms. The van der Waals surface area contributed by atoms with Gasteiger partial charge in [0.25, 0.3) is 0 Å². The number of rotatable bonds is 2. The Morgan fingerprint density at radius 3 is 2.50 bits per heavy atom. The fourth-order valence-corrected chi connectivity index (χ4v) is 2.03. The van der Waals surface area contributed by atoms with Crippen LogP contribution < -0.4 is 10.5 Å². The van der Waals surface area contributed by atoms with E-state index in [1.807, 2.05) is 0 Å². The van der Waals surface area contributed by atoms with E-state index >= 15 is 0 Å². The van der Waals surface area contributed by atoms with Crippen molar-refractivity contribution in [3.05, 3.63) is 51.5 Å². The molecule has 0 spiro atoms. The molecule has 0 heterocycles. The van der Waals surface area contributed by atoms with E-state index in [0.717, 1.165) is 12.1 Å². The number of benzene rings is 2. The molecule has 0 aromatic heterocycles. The molecule has 2 aromatic rings. The van der Waals surface area contributed by atoms with Crippen molar-refractivity contribution >= 4 is 33.2 Å². The van der Waals surface area contributed by atoms with Gasteiger partial charge in [0, 0.05) is 12.1 Å². The van der Waals surface area contributed by atoms with Crippen LogP contribution in [0.1, 0.15) is 0 Å². The van der Waals surface area contributed by atoms with Crippen molar-refractivity contribution in [1.29, 1.82) is 0 Å². The maximum Gasteiger partial charge on any atom is 0.150 e. The minimum absolute atomic E-state index is 0.0266. The largest absolute Gasteiger partial charge is 0.454 e. The van der Waals surface area contributed by atoms with Gasteiger partial charge in [-0.05, 0) is 34.1 Å². The summed E-state index contributed by atoms with van der Waals surface area (Å²) in [5, 5.41) is -0.0266. The molecule has 0 radical (unpaired) electrons. The molecule has 0 amide bonds. The molecule has 0 unspecified atom stereocenters. The molecule has 0 aliphatic rings. The van der Waals surface area contributed by atoms with Crippen LogP contribution in [0, 0.1) is 11.6 Å². The summed E-state index contributed by atoms with van der Waals surface area (Å²) < 4.78 is 32.0. The summed E-state index contributed by atoms with van der Waals surface area (Å²) in [6.45, 7) is 0. The molecule has 2 aromatic carbocycles. The quantitative estimate of drug-likeness (QED) is 0.635. The molecular formula is C12H7BrClF2NO. The Morgan fingerprint density at radius 2 is 1.83 bits per heavy atom. The zero-order valence-corrected chi connectivity index (χ0v) is 11.2. The molecule has 18 heavy (non-hydrogen) atoms. The Hall–Kier alpha value is -1.33. The zero-order valence-electron chi connectivity index (χ0n) is 8.88. The lowest BCUT2D eigenvalue weighted by Crippen LogP contribution is -1.94. The molecule has 0 saturated heterocycles. The summed E-state index contributed by atoms with van der Waals surface area (Å²) in [7, 11) is 0. The first-order chi connectivity index (χ1) is 8.47. The van der Waals surface area contributed by atoms with Gasteiger partial charge in [0.2, 0.25) is 0 Å². The first-order valence-electron chi connectivity index (χ1n) is 4.85. The predicted molar refractivity (Wildman–Crippen MR) is 70.0 cm³/mol. The third-order valence-electron chi connectivity index (χ3n) is 2.17. The number of ether oxygens (including phenoxy) is 1. The Morgan fingerprint density at radius 1 is 1.11 bits per heavy atom. The average Bonchev–Trinajstić information content (AvgIpc) is 2.29. The maximum absolute atomic E-state index is 13.3. The Bertz CT molecular complexity index is 607. The van der Waals surface area contributed by atoms with E-state index in [1.165, 1.54) is 18.2 Å². The zero-order chi connectivity index (χ0) is 13.3. The fourth-order valence-electron chi connectivity index (χ4n) is 1.31. The van der Waals surface area contributed by atoms with Gasteiger partial charge in [-0.3, -0.25) is 0 Å². The predicted octanol–water partition coefficient (Wildman–Crippen LogP) is 4.76. The number of halogens is 4. The van der Waals surface area contributed by atoms with Crippen LogP contribution in [0.4, 0.5) is 14.5 Å². The number of nitrogens with two attached hydrogens (primary N) is 1. The maximum atomic E-state index is 13.3. The number of hydrogen-bond acceptors (Lipinski definition) is 2. The fraction of sp³-hybridized carbons (Fsp3) is 0. The second-order valence-electron chi connectivity index (χ2n) is 3.48. The first kappa shape index (κ1) is 13.1. The lowest BCUT2D eigenvalue weighted by Gasteiger charge is -2.10. The summed E-state index contributed by atoms with van der Waals surface area (Å²) in [6, 6.07) is 6.17. The van der Waals surface area contributed by atoms with Crippen LogP contribution in [0.2, 0.25) is 5.02 Å². The van der Waals surface area contributed by atoms with Crippen molar-refractivity contribution < 1.29 is 13.5 Å². The molecule has 0 aliphatic heterocycles. The van der Waals surface area contributed by atoms with Gasteiger partial charge in [-0.15, -0.1) is 0 Å². The van der Waals surface area contributed by atoms with E-state index < -0.39 is 11.6 Å². The van der Waals surface area contributed by atoms with Crippen LogP contribution in [0.3, 0.4) is 0 Å². The highest BCUT2D eigenvalue weighted by Gasteiger charge is 2.10. The topological polar surface area (TPSA) is 35.2 Å². The van der Waals surface area contributed by atoms with Crippen molar-refractivity contribution in [3.63, 3.8) is 0 Å². The van der Waals surface area contributed by atoms with Gasteiger partial charge in [0.05, 0.1) is 15.2 Å². The highest BCUT2D eigenvalue weighted by molar-refractivity contribution is 9.10.